The highest BCUT2D eigenvalue weighted by Gasteiger charge is 2.12. The third-order valence-electron chi connectivity index (χ3n) is 2.97. The normalized spacial score (nSPS) is 11.2. The zero-order chi connectivity index (χ0) is 13.7. The minimum absolute atomic E-state index is 0.186. The van der Waals surface area contributed by atoms with Gasteiger partial charge < -0.3 is 5.11 Å². The number of carboxylic acids is 1. The summed E-state index contributed by atoms with van der Waals surface area (Å²) in [4.78, 5) is 12.8. The second kappa shape index (κ2) is 6.90. The van der Waals surface area contributed by atoms with E-state index in [1.807, 2.05) is 0 Å². The molecule has 0 aliphatic carbocycles. The van der Waals surface area contributed by atoms with Gasteiger partial charge in [-0.25, -0.2) is 0 Å². The molecule has 1 N–H and O–H groups in total. The number of hydrogen-bond donors (Lipinski definition) is 1. The van der Waals surface area contributed by atoms with Crippen molar-refractivity contribution in [1.29, 1.82) is 0 Å². The average Bonchev–Trinajstić information content (AvgIpc) is 2.28. The van der Waals surface area contributed by atoms with Crippen LogP contribution in [-0.2, 0) is 11.3 Å². The number of benzene rings is 1. The van der Waals surface area contributed by atoms with Gasteiger partial charge in [-0.3, -0.25) is 9.69 Å². The molecule has 0 heterocycles. The fraction of sp³-hybridized carbons (Fsp3) is 0.500. The third kappa shape index (κ3) is 4.78. The molecule has 0 saturated carbocycles. The Morgan fingerprint density at radius 1 is 1.44 bits per heavy atom. The van der Waals surface area contributed by atoms with E-state index in [1.165, 1.54) is 11.1 Å². The zero-order valence-corrected chi connectivity index (χ0v) is 12.7. The minimum Gasteiger partial charge on any atom is -0.481 e. The van der Waals surface area contributed by atoms with E-state index in [1.54, 1.807) is 0 Å². The number of nitrogens with zero attached hydrogens (tertiary/aromatic N) is 1. The van der Waals surface area contributed by atoms with Crippen molar-refractivity contribution in [2.75, 3.05) is 6.54 Å². The molecule has 1 aromatic carbocycles. The lowest BCUT2D eigenvalue weighted by atomic mass is 10.1. The van der Waals surface area contributed by atoms with E-state index >= 15 is 0 Å². The maximum absolute atomic E-state index is 10.6. The number of hydrogen-bond acceptors (Lipinski definition) is 2. The fourth-order valence-corrected chi connectivity index (χ4v) is 2.15. The number of carbonyl (C=O) groups is 1. The summed E-state index contributed by atoms with van der Waals surface area (Å²) >= 11 is 3.52. The monoisotopic (exact) mass is 313 g/mol. The van der Waals surface area contributed by atoms with Crippen LogP contribution < -0.4 is 0 Å². The average molecular weight is 314 g/mol. The van der Waals surface area contributed by atoms with Gasteiger partial charge in [-0.2, -0.15) is 0 Å². The fourth-order valence-electron chi connectivity index (χ4n) is 1.73. The van der Waals surface area contributed by atoms with Crippen LogP contribution in [0, 0.1) is 6.92 Å². The van der Waals surface area contributed by atoms with E-state index in [4.69, 9.17) is 5.11 Å². The molecule has 100 valence electrons. The van der Waals surface area contributed by atoms with Crippen LogP contribution in [0.3, 0.4) is 0 Å². The highest BCUT2D eigenvalue weighted by Crippen LogP contribution is 2.19. The highest BCUT2D eigenvalue weighted by molar-refractivity contribution is 9.10. The van der Waals surface area contributed by atoms with E-state index in [-0.39, 0.29) is 6.42 Å². The molecule has 0 aromatic heterocycles. The molecule has 0 bridgehead atoms. The van der Waals surface area contributed by atoms with Crippen LogP contribution in [0.15, 0.2) is 22.7 Å². The first-order chi connectivity index (χ1) is 8.40. The Labute approximate surface area is 117 Å². The van der Waals surface area contributed by atoms with Crippen molar-refractivity contribution in [2.45, 2.75) is 39.8 Å². The lowest BCUT2D eigenvalue weighted by molar-refractivity contribution is -0.137. The summed E-state index contributed by atoms with van der Waals surface area (Å²) in [6, 6.07) is 6.61. The van der Waals surface area contributed by atoms with Crippen molar-refractivity contribution in [3.63, 3.8) is 0 Å². The second-order valence-corrected chi connectivity index (χ2v) is 5.65. The maximum Gasteiger partial charge on any atom is 0.304 e. The van der Waals surface area contributed by atoms with Crippen LogP contribution in [0.1, 0.15) is 31.4 Å². The van der Waals surface area contributed by atoms with Gasteiger partial charge in [0.15, 0.2) is 0 Å². The molecule has 0 aliphatic rings. The Kier molecular flexibility index (Phi) is 5.82. The molecule has 0 amide bonds. The Morgan fingerprint density at radius 2 is 2.11 bits per heavy atom. The van der Waals surface area contributed by atoms with Crippen LogP contribution in [0.4, 0.5) is 0 Å². The summed E-state index contributed by atoms with van der Waals surface area (Å²) in [6.07, 6.45) is 0.186. The van der Waals surface area contributed by atoms with Gasteiger partial charge in [-0.05, 0) is 38.0 Å². The van der Waals surface area contributed by atoms with Gasteiger partial charge in [-0.15, -0.1) is 0 Å². The Bertz CT molecular complexity index is 418. The molecule has 0 spiro atoms. The van der Waals surface area contributed by atoms with Crippen molar-refractivity contribution in [2.24, 2.45) is 0 Å². The second-order valence-electron chi connectivity index (χ2n) is 4.79. The summed E-state index contributed by atoms with van der Waals surface area (Å²) in [5.41, 5.74) is 2.41. The van der Waals surface area contributed by atoms with Crippen LogP contribution >= 0.6 is 15.9 Å². The predicted octanol–water partition coefficient (Wildman–Crippen LogP) is 3.44. The largest absolute Gasteiger partial charge is 0.481 e. The molecular weight excluding hydrogens is 294 g/mol. The first-order valence-electron chi connectivity index (χ1n) is 6.11. The van der Waals surface area contributed by atoms with Gasteiger partial charge in [-0.1, -0.05) is 28.1 Å². The number of aryl methyl sites for hydroxylation is 1. The van der Waals surface area contributed by atoms with Crippen LogP contribution in [0.25, 0.3) is 0 Å². The van der Waals surface area contributed by atoms with Crippen molar-refractivity contribution < 1.29 is 9.90 Å². The molecule has 0 fully saturated rings. The molecule has 0 saturated heterocycles. The number of halogens is 1. The van der Waals surface area contributed by atoms with Crippen LogP contribution in [-0.4, -0.2) is 28.6 Å². The molecule has 0 unspecified atom stereocenters. The molecule has 0 radical (unpaired) electrons. The molecule has 1 rings (SSSR count). The summed E-state index contributed by atoms with van der Waals surface area (Å²) in [5.74, 6) is -0.745. The van der Waals surface area contributed by atoms with Gasteiger partial charge in [0.2, 0.25) is 0 Å². The quantitative estimate of drug-likeness (QED) is 0.874. The van der Waals surface area contributed by atoms with Crippen molar-refractivity contribution in [3.05, 3.63) is 33.8 Å². The highest BCUT2D eigenvalue weighted by atomic mass is 79.9. The lowest BCUT2D eigenvalue weighted by Crippen LogP contribution is -2.32. The Hall–Kier alpha value is -0.870. The standard InChI is InChI=1S/C14H20BrNO2/c1-10(2)16(7-6-14(17)18)9-12-5-4-11(3)13(15)8-12/h4-5,8,10H,6-7,9H2,1-3H3,(H,17,18). The summed E-state index contributed by atoms with van der Waals surface area (Å²) < 4.78 is 1.10. The predicted molar refractivity (Wildman–Crippen MR) is 76.7 cm³/mol. The van der Waals surface area contributed by atoms with Gasteiger partial charge in [0, 0.05) is 23.6 Å². The molecule has 0 aliphatic heterocycles. The van der Waals surface area contributed by atoms with Crippen molar-refractivity contribution >= 4 is 21.9 Å². The van der Waals surface area contributed by atoms with E-state index in [2.05, 4.69) is 59.8 Å². The summed E-state index contributed by atoms with van der Waals surface area (Å²) in [7, 11) is 0. The van der Waals surface area contributed by atoms with Gasteiger partial charge in [0.25, 0.3) is 0 Å². The van der Waals surface area contributed by atoms with E-state index in [0.29, 0.717) is 12.6 Å². The number of rotatable bonds is 6. The lowest BCUT2D eigenvalue weighted by Gasteiger charge is -2.26. The van der Waals surface area contributed by atoms with Crippen LogP contribution in [0.5, 0.6) is 0 Å². The number of carboxylic acid groups (broad SMARTS) is 1. The molecule has 0 atom stereocenters. The molecule has 1 aromatic rings. The minimum atomic E-state index is -0.745. The summed E-state index contributed by atoms with van der Waals surface area (Å²) in [6.45, 7) is 7.59. The molecule has 18 heavy (non-hydrogen) atoms. The maximum atomic E-state index is 10.6. The van der Waals surface area contributed by atoms with E-state index in [9.17, 15) is 4.79 Å². The van der Waals surface area contributed by atoms with Gasteiger partial charge in [0.05, 0.1) is 6.42 Å². The molecule has 3 nitrogen and oxygen atoms in total. The van der Waals surface area contributed by atoms with Gasteiger partial charge in [0.1, 0.15) is 0 Å². The Balaban J connectivity index is 2.70. The zero-order valence-electron chi connectivity index (χ0n) is 11.1. The smallest absolute Gasteiger partial charge is 0.304 e. The topological polar surface area (TPSA) is 40.5 Å². The number of aliphatic carboxylic acids is 1. The summed E-state index contributed by atoms with van der Waals surface area (Å²) in [5, 5.41) is 8.76. The van der Waals surface area contributed by atoms with E-state index < -0.39 is 5.97 Å². The van der Waals surface area contributed by atoms with Gasteiger partial charge >= 0.3 is 5.97 Å². The van der Waals surface area contributed by atoms with Crippen molar-refractivity contribution in [1.82, 2.24) is 4.90 Å². The molecular formula is C14H20BrNO2. The molecule has 4 heteroatoms. The van der Waals surface area contributed by atoms with Crippen LogP contribution in [0.2, 0.25) is 0 Å². The van der Waals surface area contributed by atoms with Crippen molar-refractivity contribution in [3.8, 4) is 0 Å². The first kappa shape index (κ1) is 15.2. The first-order valence-corrected chi connectivity index (χ1v) is 6.90. The third-order valence-corrected chi connectivity index (χ3v) is 3.82. The van der Waals surface area contributed by atoms with E-state index in [0.717, 1.165) is 11.0 Å². The Morgan fingerprint density at radius 3 is 2.61 bits per heavy atom. The SMILES string of the molecule is Cc1ccc(CN(CCC(=O)O)C(C)C)cc1Br.